The van der Waals surface area contributed by atoms with Crippen molar-refractivity contribution in [2.45, 2.75) is 408 Å². The highest BCUT2D eigenvalue weighted by Gasteiger charge is 2.30. The summed E-state index contributed by atoms with van der Waals surface area (Å²) in [7, 11) is -9.91. The lowest BCUT2D eigenvalue weighted by Gasteiger charge is -2.21. The summed E-state index contributed by atoms with van der Waals surface area (Å²) >= 11 is 0. The van der Waals surface area contributed by atoms with Crippen LogP contribution in [0.3, 0.4) is 0 Å². The first-order valence-corrected chi connectivity index (χ1v) is 42.7. The first-order chi connectivity index (χ1) is 46.1. The number of unbranched alkanes of at least 4 members (excludes halogenated alkanes) is 39. The maximum absolute atomic E-state index is 13.1. The van der Waals surface area contributed by atoms with Crippen molar-refractivity contribution < 1.29 is 80.2 Å². The number of phosphoric acid groups is 2. The van der Waals surface area contributed by atoms with Gasteiger partial charge in [0.05, 0.1) is 26.4 Å². The molecule has 0 saturated heterocycles. The third-order valence-corrected chi connectivity index (χ3v) is 20.1. The highest BCUT2D eigenvalue weighted by Crippen LogP contribution is 2.45. The molecule has 0 aromatic heterocycles. The average molecular weight is 1410 g/mol. The Kier molecular flexibility index (Phi) is 65.0. The molecular formula is C77H150O17P2. The molecule has 17 nitrogen and oxygen atoms in total. The number of carbonyl (C=O) groups is 4. The second-order valence-corrected chi connectivity index (χ2v) is 32.3. The van der Waals surface area contributed by atoms with Gasteiger partial charge in [0.2, 0.25) is 0 Å². The first-order valence-electron chi connectivity index (χ1n) is 39.7. The minimum absolute atomic E-state index is 0.104. The van der Waals surface area contributed by atoms with Crippen LogP contribution in [0.2, 0.25) is 0 Å². The van der Waals surface area contributed by atoms with E-state index in [1.54, 1.807) is 0 Å². The highest BCUT2D eigenvalue weighted by atomic mass is 31.2. The van der Waals surface area contributed by atoms with E-state index in [9.17, 15) is 43.2 Å². The predicted molar refractivity (Wildman–Crippen MR) is 391 cm³/mol. The van der Waals surface area contributed by atoms with Crippen LogP contribution in [0.1, 0.15) is 389 Å². The topological polar surface area (TPSA) is 237 Å². The maximum atomic E-state index is 13.1. The van der Waals surface area contributed by atoms with Crippen LogP contribution in [0.5, 0.6) is 0 Å². The predicted octanol–water partition coefficient (Wildman–Crippen LogP) is 22.4. The Morgan fingerprint density at radius 2 is 0.500 bits per heavy atom. The normalized spacial score (nSPS) is 14.4. The molecule has 6 atom stereocenters. The number of ether oxygens (including phenoxy) is 4. The monoisotopic (exact) mass is 1410 g/mol. The second kappa shape index (κ2) is 66.3. The Labute approximate surface area is 588 Å². The Morgan fingerprint density at radius 1 is 0.292 bits per heavy atom. The van der Waals surface area contributed by atoms with Crippen LogP contribution in [-0.2, 0) is 65.4 Å². The Hall–Kier alpha value is -1.94. The van der Waals surface area contributed by atoms with Gasteiger partial charge in [-0.3, -0.25) is 37.3 Å². The molecule has 0 aliphatic heterocycles. The van der Waals surface area contributed by atoms with E-state index in [4.69, 9.17) is 37.0 Å². The molecule has 0 aromatic carbocycles. The summed E-state index contributed by atoms with van der Waals surface area (Å²) in [6.07, 6.45) is 51.4. The van der Waals surface area contributed by atoms with Crippen LogP contribution in [0.4, 0.5) is 0 Å². The van der Waals surface area contributed by atoms with Crippen LogP contribution in [0.25, 0.3) is 0 Å². The van der Waals surface area contributed by atoms with Gasteiger partial charge in [0, 0.05) is 25.7 Å². The molecule has 0 saturated carbocycles. The van der Waals surface area contributed by atoms with Gasteiger partial charge in [0.1, 0.15) is 19.3 Å². The Balaban J connectivity index is 5.20. The quantitative estimate of drug-likeness (QED) is 0.0222. The fourth-order valence-corrected chi connectivity index (χ4v) is 13.3. The summed E-state index contributed by atoms with van der Waals surface area (Å²) in [4.78, 5) is 72.8. The number of carbonyl (C=O) groups excluding carboxylic acids is 4. The van der Waals surface area contributed by atoms with Crippen molar-refractivity contribution in [1.29, 1.82) is 0 Å². The smallest absolute Gasteiger partial charge is 0.462 e. The molecule has 19 heteroatoms. The summed E-state index contributed by atoms with van der Waals surface area (Å²) in [5, 5.41) is 10.6. The van der Waals surface area contributed by atoms with E-state index < -0.39 is 97.5 Å². The van der Waals surface area contributed by atoms with Crippen molar-refractivity contribution in [3.63, 3.8) is 0 Å². The summed E-state index contributed by atoms with van der Waals surface area (Å²) in [6.45, 7) is 14.2. The Bertz CT molecular complexity index is 1890. The number of aliphatic hydroxyl groups excluding tert-OH is 1. The van der Waals surface area contributed by atoms with Gasteiger partial charge in [-0.2, -0.15) is 0 Å². The van der Waals surface area contributed by atoms with Gasteiger partial charge in [0.25, 0.3) is 0 Å². The Morgan fingerprint density at radius 3 is 0.740 bits per heavy atom. The first kappa shape index (κ1) is 94.1. The molecule has 0 bridgehead atoms. The van der Waals surface area contributed by atoms with Crippen molar-refractivity contribution in [3.05, 3.63) is 0 Å². The summed E-state index contributed by atoms with van der Waals surface area (Å²) in [5.41, 5.74) is 0. The lowest BCUT2D eigenvalue weighted by atomic mass is 10.00. The standard InChI is InChI=1S/C77H150O17P2/c1-9-70(8)56-48-40-35-36-42-50-58-75(80)88-64-73(93-76(81)59-51-43-33-26-22-18-12-10-11-15-19-23-29-37-45-53-67(2)3)66-92-96(85,86)90-62-71(78)61-89-95(83,84)91-65-72(94-77(82)60-52-44-34-28-27-31-39-47-55-69(6)7)63-87-74(79)57-49-41-32-25-21-17-14-13-16-20-24-30-38-46-54-68(4)5/h67-73,78H,9-66H2,1-8H3,(H,83,84)(H,85,86)/t70?,71-,72-,73-/m1/s1. The van der Waals surface area contributed by atoms with E-state index >= 15 is 0 Å². The number of esters is 4. The zero-order valence-corrected chi connectivity index (χ0v) is 64.8. The van der Waals surface area contributed by atoms with Crippen molar-refractivity contribution in [1.82, 2.24) is 0 Å². The molecule has 0 heterocycles. The lowest BCUT2D eigenvalue weighted by Crippen LogP contribution is -2.30. The van der Waals surface area contributed by atoms with Gasteiger partial charge >= 0.3 is 39.5 Å². The molecule has 96 heavy (non-hydrogen) atoms. The van der Waals surface area contributed by atoms with Crippen molar-refractivity contribution in [3.8, 4) is 0 Å². The van der Waals surface area contributed by atoms with E-state index in [1.807, 2.05) is 0 Å². The van der Waals surface area contributed by atoms with Crippen LogP contribution in [0.15, 0.2) is 0 Å². The van der Waals surface area contributed by atoms with Gasteiger partial charge in [-0.05, 0) is 49.4 Å². The van der Waals surface area contributed by atoms with E-state index in [2.05, 4.69) is 55.4 Å². The third kappa shape index (κ3) is 69.2. The zero-order chi connectivity index (χ0) is 71.0. The molecule has 3 N–H and O–H groups in total. The van der Waals surface area contributed by atoms with Crippen LogP contribution in [0, 0.1) is 23.7 Å². The van der Waals surface area contributed by atoms with E-state index in [0.29, 0.717) is 25.7 Å². The van der Waals surface area contributed by atoms with E-state index in [1.165, 1.54) is 186 Å². The summed E-state index contributed by atoms with van der Waals surface area (Å²) < 4.78 is 68.5. The number of aliphatic hydroxyl groups is 1. The fourth-order valence-electron chi connectivity index (χ4n) is 11.7. The third-order valence-electron chi connectivity index (χ3n) is 18.2. The van der Waals surface area contributed by atoms with Gasteiger partial charge in [-0.25, -0.2) is 9.13 Å². The van der Waals surface area contributed by atoms with Gasteiger partial charge in [-0.1, -0.05) is 338 Å². The van der Waals surface area contributed by atoms with E-state index in [-0.39, 0.29) is 25.7 Å². The largest absolute Gasteiger partial charge is 0.472 e. The van der Waals surface area contributed by atoms with E-state index in [0.717, 1.165) is 120 Å². The van der Waals surface area contributed by atoms with Gasteiger partial charge < -0.3 is 33.8 Å². The average Bonchev–Trinajstić information content (AvgIpc) is 1.17. The number of hydrogen-bond acceptors (Lipinski definition) is 15. The lowest BCUT2D eigenvalue weighted by molar-refractivity contribution is -0.161. The molecule has 0 amide bonds. The molecule has 0 aromatic rings. The maximum Gasteiger partial charge on any atom is 0.472 e. The summed E-state index contributed by atoms with van der Waals surface area (Å²) in [6, 6.07) is 0. The van der Waals surface area contributed by atoms with Gasteiger partial charge in [0.15, 0.2) is 12.2 Å². The van der Waals surface area contributed by atoms with Gasteiger partial charge in [-0.15, -0.1) is 0 Å². The number of hydrogen-bond donors (Lipinski definition) is 3. The minimum atomic E-state index is -4.96. The zero-order valence-electron chi connectivity index (χ0n) is 63.0. The van der Waals surface area contributed by atoms with Crippen LogP contribution in [-0.4, -0.2) is 96.7 Å². The van der Waals surface area contributed by atoms with Crippen molar-refractivity contribution >= 4 is 39.5 Å². The SMILES string of the molecule is CCC(C)CCCCCCCCC(=O)OC[C@H](COP(=O)(O)OC[C@H](O)COP(=O)(O)OC[C@@H](COC(=O)CCCCCCCCCCCCCCCCC(C)C)OC(=O)CCCCCCCCCCC(C)C)OC(=O)CCCCCCCCCCCCCCCCCC(C)C. The molecular weight excluding hydrogens is 1260 g/mol. The van der Waals surface area contributed by atoms with Crippen LogP contribution >= 0.6 is 15.6 Å². The molecule has 0 fully saturated rings. The molecule has 3 unspecified atom stereocenters. The molecule has 0 radical (unpaired) electrons. The number of phosphoric ester groups is 2. The van der Waals surface area contributed by atoms with Crippen molar-refractivity contribution in [2.24, 2.45) is 23.7 Å². The highest BCUT2D eigenvalue weighted by molar-refractivity contribution is 7.47. The minimum Gasteiger partial charge on any atom is -0.462 e. The van der Waals surface area contributed by atoms with Crippen molar-refractivity contribution in [2.75, 3.05) is 39.6 Å². The summed E-state index contributed by atoms with van der Waals surface area (Å²) in [5.74, 6) is 0.929. The molecule has 0 aliphatic rings. The molecule has 0 aliphatic carbocycles. The molecule has 0 rings (SSSR count). The molecule has 0 spiro atoms. The number of rotatable bonds is 74. The fraction of sp³-hybridized carbons (Fsp3) is 0.948. The van der Waals surface area contributed by atoms with Crippen LogP contribution < -0.4 is 0 Å². The second-order valence-electron chi connectivity index (χ2n) is 29.4. The molecule has 570 valence electrons.